The van der Waals surface area contributed by atoms with Crippen molar-refractivity contribution in [3.8, 4) is 11.5 Å². The second-order valence-corrected chi connectivity index (χ2v) is 10.9. The van der Waals surface area contributed by atoms with Gasteiger partial charge in [0, 0.05) is 13.6 Å². The minimum Gasteiger partial charge on any atom is -0.493 e. The van der Waals surface area contributed by atoms with E-state index in [0.717, 1.165) is 16.7 Å². The van der Waals surface area contributed by atoms with Crippen LogP contribution in [0.2, 0.25) is 0 Å². The van der Waals surface area contributed by atoms with Gasteiger partial charge in [0.2, 0.25) is 5.91 Å². The third-order valence-corrected chi connectivity index (χ3v) is 7.82. The van der Waals surface area contributed by atoms with E-state index in [4.69, 9.17) is 9.47 Å². The fraction of sp³-hybridized carbons (Fsp3) is 0.321. The van der Waals surface area contributed by atoms with E-state index >= 15 is 0 Å². The molecule has 0 aliphatic heterocycles. The first kappa shape index (κ1) is 27.1. The number of carbonyl (C=O) groups excluding carboxylic acids is 1. The number of likely N-dealkylation sites (N-methyl/N-ethyl adjacent to an activating group) is 1. The van der Waals surface area contributed by atoms with Gasteiger partial charge in [0.05, 0.1) is 24.8 Å². The van der Waals surface area contributed by atoms with Gasteiger partial charge < -0.3 is 14.4 Å². The van der Waals surface area contributed by atoms with Crippen LogP contribution in [0.3, 0.4) is 0 Å². The molecule has 0 aliphatic rings. The minimum absolute atomic E-state index is 0.136. The molecule has 0 aromatic heterocycles. The molecular formula is C28H34N2O5S. The highest BCUT2D eigenvalue weighted by Gasteiger charge is 2.28. The number of rotatable bonds is 10. The molecule has 0 fully saturated rings. The van der Waals surface area contributed by atoms with Crippen LogP contribution in [0.15, 0.2) is 71.6 Å². The SMILES string of the molecule is COc1ccc(CN(C)C(=O)CN(c2ccc(C(C)C)cc2)S(=O)(=O)c2ccc(C)cc2)cc1OC. The van der Waals surface area contributed by atoms with Crippen LogP contribution in [0.1, 0.15) is 36.5 Å². The molecule has 1 amide bonds. The Morgan fingerprint density at radius 1 is 0.889 bits per heavy atom. The molecule has 36 heavy (non-hydrogen) atoms. The van der Waals surface area contributed by atoms with Gasteiger partial charge in [0.1, 0.15) is 6.54 Å². The fourth-order valence-corrected chi connectivity index (χ4v) is 5.18. The molecule has 0 saturated heterocycles. The van der Waals surface area contributed by atoms with Crippen LogP contribution in [0.4, 0.5) is 5.69 Å². The summed E-state index contributed by atoms with van der Waals surface area (Å²) in [5.41, 5.74) is 3.31. The summed E-state index contributed by atoms with van der Waals surface area (Å²) < 4.78 is 39.1. The number of carbonyl (C=O) groups is 1. The molecule has 7 nitrogen and oxygen atoms in total. The largest absolute Gasteiger partial charge is 0.493 e. The van der Waals surface area contributed by atoms with Crippen molar-refractivity contribution in [3.05, 3.63) is 83.4 Å². The van der Waals surface area contributed by atoms with Crippen LogP contribution in [0, 0.1) is 6.92 Å². The fourth-order valence-electron chi connectivity index (χ4n) is 3.76. The van der Waals surface area contributed by atoms with E-state index in [9.17, 15) is 13.2 Å². The van der Waals surface area contributed by atoms with Crippen LogP contribution in [0.5, 0.6) is 11.5 Å². The van der Waals surface area contributed by atoms with Crippen molar-refractivity contribution >= 4 is 21.6 Å². The Balaban J connectivity index is 1.90. The molecule has 3 aromatic rings. The van der Waals surface area contributed by atoms with Gasteiger partial charge in [-0.1, -0.05) is 49.7 Å². The lowest BCUT2D eigenvalue weighted by Crippen LogP contribution is -2.41. The number of ether oxygens (including phenoxy) is 2. The monoisotopic (exact) mass is 510 g/mol. The van der Waals surface area contributed by atoms with E-state index in [1.165, 1.54) is 9.21 Å². The summed E-state index contributed by atoms with van der Waals surface area (Å²) in [4.78, 5) is 14.9. The normalized spacial score (nSPS) is 11.3. The minimum atomic E-state index is -3.98. The van der Waals surface area contributed by atoms with Crippen LogP contribution in [0.25, 0.3) is 0 Å². The summed E-state index contributed by atoms with van der Waals surface area (Å²) in [6.07, 6.45) is 0. The van der Waals surface area contributed by atoms with Gasteiger partial charge in [-0.25, -0.2) is 8.42 Å². The lowest BCUT2D eigenvalue weighted by atomic mass is 10.0. The number of sulfonamides is 1. The van der Waals surface area contributed by atoms with E-state index in [1.807, 2.05) is 25.1 Å². The molecule has 0 spiro atoms. The van der Waals surface area contributed by atoms with Gasteiger partial charge in [-0.2, -0.15) is 0 Å². The van der Waals surface area contributed by atoms with Crippen molar-refractivity contribution in [2.24, 2.45) is 0 Å². The molecule has 0 unspecified atom stereocenters. The number of nitrogens with zero attached hydrogens (tertiary/aromatic N) is 2. The molecule has 0 saturated carbocycles. The maximum atomic E-state index is 13.7. The molecular weight excluding hydrogens is 476 g/mol. The summed E-state index contributed by atoms with van der Waals surface area (Å²) >= 11 is 0. The summed E-state index contributed by atoms with van der Waals surface area (Å²) in [6, 6.07) is 19.4. The van der Waals surface area contributed by atoms with Crippen molar-refractivity contribution in [1.82, 2.24) is 4.90 Å². The number of anilines is 1. The maximum absolute atomic E-state index is 13.7. The van der Waals surface area contributed by atoms with E-state index in [1.54, 1.807) is 69.8 Å². The number of aryl methyl sites for hydroxylation is 1. The molecule has 0 bridgehead atoms. The van der Waals surface area contributed by atoms with Gasteiger partial charge in [-0.3, -0.25) is 9.10 Å². The predicted molar refractivity (Wildman–Crippen MR) is 142 cm³/mol. The van der Waals surface area contributed by atoms with Crippen molar-refractivity contribution in [1.29, 1.82) is 0 Å². The van der Waals surface area contributed by atoms with Crippen molar-refractivity contribution < 1.29 is 22.7 Å². The van der Waals surface area contributed by atoms with E-state index in [0.29, 0.717) is 23.1 Å². The Morgan fingerprint density at radius 3 is 2.06 bits per heavy atom. The first-order chi connectivity index (χ1) is 17.1. The summed E-state index contributed by atoms with van der Waals surface area (Å²) in [5, 5.41) is 0. The zero-order chi connectivity index (χ0) is 26.5. The average molecular weight is 511 g/mol. The van der Waals surface area contributed by atoms with Gasteiger partial charge >= 0.3 is 0 Å². The molecule has 3 aromatic carbocycles. The van der Waals surface area contributed by atoms with Gasteiger partial charge in [0.15, 0.2) is 11.5 Å². The molecule has 0 N–H and O–H groups in total. The Morgan fingerprint density at radius 2 is 1.50 bits per heavy atom. The average Bonchev–Trinajstić information content (AvgIpc) is 2.87. The smallest absolute Gasteiger partial charge is 0.264 e. The number of hydrogen-bond donors (Lipinski definition) is 0. The van der Waals surface area contributed by atoms with Crippen molar-refractivity contribution in [2.75, 3.05) is 32.1 Å². The Kier molecular flexibility index (Phi) is 8.63. The molecule has 8 heteroatoms. The lowest BCUT2D eigenvalue weighted by Gasteiger charge is -2.27. The first-order valence-electron chi connectivity index (χ1n) is 11.7. The highest BCUT2D eigenvalue weighted by atomic mass is 32.2. The third-order valence-electron chi connectivity index (χ3n) is 6.03. The maximum Gasteiger partial charge on any atom is 0.264 e. The van der Waals surface area contributed by atoms with Crippen molar-refractivity contribution in [3.63, 3.8) is 0 Å². The zero-order valence-electron chi connectivity index (χ0n) is 21.7. The Labute approximate surface area is 214 Å². The molecule has 0 heterocycles. The van der Waals surface area contributed by atoms with E-state index in [-0.39, 0.29) is 23.9 Å². The van der Waals surface area contributed by atoms with E-state index in [2.05, 4.69) is 13.8 Å². The highest BCUT2D eigenvalue weighted by Crippen LogP contribution is 2.29. The summed E-state index contributed by atoms with van der Waals surface area (Å²) in [5.74, 6) is 1.11. The van der Waals surface area contributed by atoms with Crippen LogP contribution < -0.4 is 13.8 Å². The Bertz CT molecular complexity index is 1290. The molecule has 192 valence electrons. The first-order valence-corrected chi connectivity index (χ1v) is 13.1. The number of hydrogen-bond acceptors (Lipinski definition) is 5. The number of amides is 1. The molecule has 3 rings (SSSR count). The van der Waals surface area contributed by atoms with Crippen molar-refractivity contribution in [2.45, 2.75) is 38.1 Å². The topological polar surface area (TPSA) is 76.2 Å². The predicted octanol–water partition coefficient (Wildman–Crippen LogP) is 4.99. The lowest BCUT2D eigenvalue weighted by molar-refractivity contribution is -0.128. The van der Waals surface area contributed by atoms with Crippen LogP contribution in [-0.2, 0) is 21.4 Å². The molecule has 0 atom stereocenters. The number of methoxy groups -OCH3 is 2. The van der Waals surface area contributed by atoms with Crippen LogP contribution >= 0.6 is 0 Å². The third kappa shape index (κ3) is 6.18. The zero-order valence-corrected chi connectivity index (χ0v) is 22.5. The Hall–Kier alpha value is -3.52. The second-order valence-electron chi connectivity index (χ2n) is 9.01. The van der Waals surface area contributed by atoms with Crippen LogP contribution in [-0.4, -0.2) is 47.0 Å². The standard InChI is InChI=1S/C28H34N2O5S/c1-20(2)23-10-12-24(13-11-23)30(36(32,33)25-14-7-21(3)8-15-25)19-28(31)29(4)18-22-9-16-26(34-5)27(17-22)35-6/h7-17,20H,18-19H2,1-6H3. The van der Waals surface area contributed by atoms with Gasteiger partial charge in [-0.15, -0.1) is 0 Å². The number of benzene rings is 3. The van der Waals surface area contributed by atoms with Gasteiger partial charge in [-0.05, 0) is 60.4 Å². The van der Waals surface area contributed by atoms with E-state index < -0.39 is 10.0 Å². The summed E-state index contributed by atoms with van der Waals surface area (Å²) in [6.45, 7) is 5.99. The second kappa shape index (κ2) is 11.5. The molecule has 0 radical (unpaired) electrons. The quantitative estimate of drug-likeness (QED) is 0.384. The summed E-state index contributed by atoms with van der Waals surface area (Å²) in [7, 11) is 0.785. The van der Waals surface area contributed by atoms with Gasteiger partial charge in [0.25, 0.3) is 10.0 Å². The highest BCUT2D eigenvalue weighted by molar-refractivity contribution is 7.92. The molecule has 0 aliphatic carbocycles.